The van der Waals surface area contributed by atoms with E-state index in [0.717, 1.165) is 24.5 Å². The normalized spacial score (nSPS) is 18.1. The molecule has 278 valence electrons. The Hall–Kier alpha value is -4.68. The average Bonchev–Trinajstić information content (AvgIpc) is 3.57. The lowest BCUT2D eigenvalue weighted by atomic mass is 9.73. The highest BCUT2D eigenvalue weighted by atomic mass is 35.5. The summed E-state index contributed by atoms with van der Waals surface area (Å²) in [5, 5.41) is 10.3. The molecule has 0 aliphatic heterocycles. The van der Waals surface area contributed by atoms with Crippen LogP contribution in [0.15, 0.2) is 42.5 Å². The number of rotatable bonds is 8. The van der Waals surface area contributed by atoms with Crippen LogP contribution in [0.4, 0.5) is 36.6 Å². The number of nitrogens with zero attached hydrogens (tertiary/aromatic N) is 5. The van der Waals surface area contributed by atoms with Crippen molar-refractivity contribution in [1.29, 1.82) is 0 Å². The Morgan fingerprint density at radius 1 is 1.04 bits per heavy atom. The summed E-state index contributed by atoms with van der Waals surface area (Å²) in [5.74, 6) is -9.37. The fourth-order valence-electron chi connectivity index (χ4n) is 6.97. The van der Waals surface area contributed by atoms with Crippen LogP contribution in [-0.2, 0) is 40.5 Å². The van der Waals surface area contributed by atoms with Crippen molar-refractivity contribution in [3.63, 3.8) is 0 Å². The molecule has 1 saturated carbocycles. The molecule has 5 aromatic rings. The van der Waals surface area contributed by atoms with Crippen LogP contribution >= 0.6 is 23.2 Å². The molecule has 2 atom stereocenters. The Morgan fingerprint density at radius 3 is 2.34 bits per heavy atom. The molecule has 2 N–H and O–H groups in total. The number of hydrogen-bond acceptors (Lipinski definition) is 6. The second-order valence-corrected chi connectivity index (χ2v) is 15.2. The minimum Gasteiger partial charge on any atom is -0.323 e. The van der Waals surface area contributed by atoms with E-state index in [2.05, 4.69) is 25.2 Å². The Bertz CT molecular complexity index is 2480. The number of pyridine rings is 1. The van der Waals surface area contributed by atoms with E-state index >= 15 is 8.78 Å². The first-order valence-electron chi connectivity index (χ1n) is 15.6. The fraction of sp³-hybridized carbons (Fsp3) is 0.273. The lowest BCUT2D eigenvalue weighted by molar-refractivity contribution is -0.143. The van der Waals surface area contributed by atoms with Gasteiger partial charge in [0.1, 0.15) is 29.0 Å². The summed E-state index contributed by atoms with van der Waals surface area (Å²) in [6.45, 7) is -1.11. The molecule has 0 bridgehead atoms. The van der Waals surface area contributed by atoms with E-state index in [1.54, 1.807) is 0 Å². The van der Waals surface area contributed by atoms with Gasteiger partial charge in [0, 0.05) is 35.7 Å². The Balaban J connectivity index is 1.37. The van der Waals surface area contributed by atoms with Gasteiger partial charge < -0.3 is 5.32 Å². The van der Waals surface area contributed by atoms with Crippen LogP contribution in [0.3, 0.4) is 0 Å². The van der Waals surface area contributed by atoms with Gasteiger partial charge in [-0.15, -0.1) is 0 Å². The molecule has 0 saturated heterocycles. The summed E-state index contributed by atoms with van der Waals surface area (Å²) >= 11 is 12.8. The SMILES string of the molecule is Cn1nc(NS(C)(=O)=O)c2c(Cl)ccc(-c3ccc(Cl)nc3/C(=C/c3cc(F)cc(F)c3)NC(=O)Cn3nc(C(F)(F)F)c4c3C(F)(F)[C@@H]3CC[C@H]43)c21. The minimum absolute atomic E-state index is 0.00340. The second-order valence-electron chi connectivity index (χ2n) is 12.7. The van der Waals surface area contributed by atoms with E-state index < -0.39 is 75.0 Å². The number of anilines is 1. The molecule has 2 aliphatic carbocycles. The van der Waals surface area contributed by atoms with Crippen molar-refractivity contribution < 1.29 is 43.9 Å². The molecule has 53 heavy (non-hydrogen) atoms. The number of fused-ring (bicyclic) bond motifs is 4. The predicted molar refractivity (Wildman–Crippen MR) is 181 cm³/mol. The third-order valence-corrected chi connectivity index (χ3v) is 10.2. The van der Waals surface area contributed by atoms with Gasteiger partial charge in [0.25, 0.3) is 5.92 Å². The molecule has 0 unspecified atom stereocenters. The number of amides is 1. The molecule has 7 rings (SSSR count). The summed E-state index contributed by atoms with van der Waals surface area (Å²) in [4.78, 5) is 18.1. The zero-order valence-corrected chi connectivity index (χ0v) is 29.5. The highest BCUT2D eigenvalue weighted by Gasteiger charge is 2.63. The van der Waals surface area contributed by atoms with Gasteiger partial charge >= 0.3 is 6.18 Å². The number of halogens is 9. The molecule has 10 nitrogen and oxygen atoms in total. The largest absolute Gasteiger partial charge is 0.435 e. The molecule has 0 radical (unpaired) electrons. The molecule has 20 heteroatoms. The van der Waals surface area contributed by atoms with Crippen LogP contribution in [-0.4, -0.2) is 45.1 Å². The molecule has 2 aliphatic rings. The van der Waals surface area contributed by atoms with Gasteiger partial charge in [-0.05, 0) is 60.7 Å². The fourth-order valence-corrected chi connectivity index (χ4v) is 7.86. The molecular weight excluding hydrogens is 778 g/mol. The first kappa shape index (κ1) is 36.7. The van der Waals surface area contributed by atoms with E-state index in [4.69, 9.17) is 23.2 Å². The number of sulfonamides is 1. The zero-order valence-electron chi connectivity index (χ0n) is 27.2. The van der Waals surface area contributed by atoms with Gasteiger partial charge in [0.05, 0.1) is 33.6 Å². The van der Waals surface area contributed by atoms with Gasteiger partial charge in [-0.3, -0.25) is 18.9 Å². The van der Waals surface area contributed by atoms with Crippen LogP contribution in [0.1, 0.15) is 47.0 Å². The van der Waals surface area contributed by atoms with E-state index in [0.29, 0.717) is 16.3 Å². The number of aryl methyl sites for hydroxylation is 1. The molecule has 2 aromatic carbocycles. The number of hydrogen-bond donors (Lipinski definition) is 2. The maximum atomic E-state index is 15.5. The maximum absolute atomic E-state index is 15.5. The topological polar surface area (TPSA) is 124 Å². The number of aromatic nitrogens is 5. The lowest BCUT2D eigenvalue weighted by Crippen LogP contribution is -2.34. The first-order valence-corrected chi connectivity index (χ1v) is 18.2. The van der Waals surface area contributed by atoms with Crippen molar-refractivity contribution in [3.8, 4) is 11.1 Å². The standard InChI is InChI=1S/C33H24Cl2F7N7O3S/c1-48-28-18(4-7-21(34)26(28)31(46-48)47-53(2,51)52)17-5-8-23(35)44-27(17)22(11-14-9-15(36)12-16(37)10-14)43-24(50)13-49-30-25(29(45-49)33(40,41)42)19-3-6-20(19)32(30,38)39/h4-5,7-12,19-20H,3,6,13H2,1-2H3,(H,43,50)(H,46,47)/b22-11-/t19-,20+/m0/s1. The summed E-state index contributed by atoms with van der Waals surface area (Å²) in [6.07, 6.45) is -2.96. The van der Waals surface area contributed by atoms with Crippen molar-refractivity contribution in [3.05, 3.63) is 92.5 Å². The molecule has 3 heterocycles. The molecule has 1 fully saturated rings. The van der Waals surface area contributed by atoms with Crippen LogP contribution in [0.2, 0.25) is 10.2 Å². The highest BCUT2D eigenvalue weighted by Crippen LogP contribution is 2.64. The van der Waals surface area contributed by atoms with Crippen molar-refractivity contribution in [1.82, 2.24) is 29.9 Å². The maximum Gasteiger partial charge on any atom is 0.435 e. The average molecular weight is 803 g/mol. The quantitative estimate of drug-likeness (QED) is 0.122. The van der Waals surface area contributed by atoms with Gasteiger partial charge in [0.15, 0.2) is 11.5 Å². The minimum atomic E-state index is -5.08. The highest BCUT2D eigenvalue weighted by molar-refractivity contribution is 7.92. The lowest BCUT2D eigenvalue weighted by Gasteiger charge is -2.34. The van der Waals surface area contributed by atoms with E-state index in [1.165, 1.54) is 36.0 Å². The number of carbonyl (C=O) groups is 1. The number of carbonyl (C=O) groups excluding carboxylic acids is 1. The molecular formula is C33H24Cl2F7N7O3S. The van der Waals surface area contributed by atoms with Crippen molar-refractivity contribution in [2.45, 2.75) is 37.4 Å². The van der Waals surface area contributed by atoms with Gasteiger partial charge in [-0.2, -0.15) is 32.1 Å². The van der Waals surface area contributed by atoms with Crippen LogP contribution in [0, 0.1) is 17.6 Å². The van der Waals surface area contributed by atoms with Crippen LogP contribution < -0.4 is 10.0 Å². The summed E-state index contributed by atoms with van der Waals surface area (Å²) in [5.41, 5.74) is -2.99. The van der Waals surface area contributed by atoms with Crippen LogP contribution in [0.5, 0.6) is 0 Å². The van der Waals surface area contributed by atoms with E-state index in [-0.39, 0.29) is 62.3 Å². The molecule has 1 amide bonds. The van der Waals surface area contributed by atoms with Gasteiger partial charge in [-0.1, -0.05) is 29.3 Å². The van der Waals surface area contributed by atoms with Crippen molar-refractivity contribution >= 4 is 67.6 Å². The predicted octanol–water partition coefficient (Wildman–Crippen LogP) is 7.72. The zero-order chi connectivity index (χ0) is 38.4. The van der Waals surface area contributed by atoms with Gasteiger partial charge in [-0.25, -0.2) is 22.2 Å². The third-order valence-electron chi connectivity index (χ3n) is 9.07. The van der Waals surface area contributed by atoms with Crippen LogP contribution in [0.25, 0.3) is 33.8 Å². The van der Waals surface area contributed by atoms with Crippen molar-refractivity contribution in [2.24, 2.45) is 13.0 Å². The monoisotopic (exact) mass is 801 g/mol. The second kappa shape index (κ2) is 12.7. The summed E-state index contributed by atoms with van der Waals surface area (Å²) in [6, 6.07) is 8.21. The first-order chi connectivity index (χ1) is 24.7. The number of benzene rings is 2. The molecule has 3 aromatic heterocycles. The summed E-state index contributed by atoms with van der Waals surface area (Å²) in [7, 11) is -2.33. The number of nitrogens with one attached hydrogen (secondary N) is 2. The third kappa shape index (κ3) is 6.60. The number of alkyl halides is 5. The molecule has 0 spiro atoms. The van der Waals surface area contributed by atoms with E-state index in [1.807, 2.05) is 0 Å². The Labute approximate surface area is 305 Å². The van der Waals surface area contributed by atoms with Crippen molar-refractivity contribution in [2.75, 3.05) is 11.0 Å². The smallest absolute Gasteiger partial charge is 0.323 e. The van der Waals surface area contributed by atoms with E-state index in [9.17, 15) is 35.2 Å². The summed E-state index contributed by atoms with van der Waals surface area (Å²) < 4.78 is 130. The van der Waals surface area contributed by atoms with Gasteiger partial charge in [0.2, 0.25) is 15.9 Å². The Morgan fingerprint density at radius 2 is 1.72 bits per heavy atom. The Kier molecular flexibility index (Phi) is 8.80.